The number of carbonyl (C=O) groups is 3. The number of anilines is 2. The second-order valence-corrected chi connectivity index (χ2v) is 9.53. The van der Waals surface area contributed by atoms with Crippen molar-refractivity contribution in [2.24, 2.45) is 5.92 Å². The minimum Gasteiger partial charge on any atom is -0.870 e. The van der Waals surface area contributed by atoms with Crippen LogP contribution in [0.1, 0.15) is 53.6 Å². The van der Waals surface area contributed by atoms with Gasteiger partial charge in [-0.3, -0.25) is 9.78 Å². The zero-order valence-electron chi connectivity index (χ0n) is 22.5. The normalized spacial score (nSPS) is 13.7. The summed E-state index contributed by atoms with van der Waals surface area (Å²) >= 11 is 0. The second kappa shape index (κ2) is 14.5. The second-order valence-electron chi connectivity index (χ2n) is 9.53. The third-order valence-corrected chi connectivity index (χ3v) is 6.92. The molecule has 9 nitrogen and oxygen atoms in total. The van der Waals surface area contributed by atoms with Crippen LogP contribution in [0, 0.1) is 19.8 Å². The molecule has 1 atom stereocenters. The van der Waals surface area contributed by atoms with E-state index in [0.29, 0.717) is 5.69 Å². The van der Waals surface area contributed by atoms with E-state index in [4.69, 9.17) is 0 Å². The molecule has 1 saturated carbocycles. The summed E-state index contributed by atoms with van der Waals surface area (Å²) in [6, 6.07) is 13.0. The number of carbonyl (C=O) groups excluding carboxylic acids is 2. The topological polar surface area (TPSA) is 150 Å². The van der Waals surface area contributed by atoms with Gasteiger partial charge in [0, 0.05) is 18.1 Å². The average Bonchev–Trinajstić information content (AvgIpc) is 2.90. The van der Waals surface area contributed by atoms with Crippen molar-refractivity contribution in [2.75, 3.05) is 10.6 Å². The van der Waals surface area contributed by atoms with Crippen molar-refractivity contribution in [1.29, 1.82) is 0 Å². The number of carboxylic acid groups (broad SMARTS) is 1. The van der Waals surface area contributed by atoms with Gasteiger partial charge in [-0.2, -0.15) is 0 Å². The molecule has 0 spiro atoms. The first-order valence-corrected chi connectivity index (χ1v) is 12.6. The van der Waals surface area contributed by atoms with Gasteiger partial charge in [0.25, 0.3) is 5.91 Å². The molecule has 3 aromatic rings. The van der Waals surface area contributed by atoms with Gasteiger partial charge in [0.05, 0.1) is 11.3 Å². The maximum absolute atomic E-state index is 13.4. The van der Waals surface area contributed by atoms with Crippen LogP contribution in [-0.2, 0) is 4.79 Å². The summed E-state index contributed by atoms with van der Waals surface area (Å²) in [6.45, 7) is 3.81. The number of urea groups is 1. The molecular formula is C29H33LiN4O5. The smallest absolute Gasteiger partial charge is 0.870 e. The number of nitrogens with zero attached hydrogens (tertiary/aromatic N) is 1. The number of hydrogen-bond donors (Lipinski definition) is 4. The van der Waals surface area contributed by atoms with E-state index < -0.39 is 23.9 Å². The molecule has 0 radical (unpaired) electrons. The standard InChI is InChI=1S/C29H32N4O4.Li.H2O/c1-18-7-6-8-19(2)25(18)33-29(37)31-24-17-22(20-13-15-30-16-14-20)11-12-23(24)27(34)32-26(28(35)36)21-9-4-3-5-10-21;;/h6-8,11-17,21,26H,3-5,9-10H2,1-2H3,(H,32,34)(H,35,36)(H2,31,33,37);;1H2/q;+1;/p-1/t26-;;/m0../s1. The van der Waals surface area contributed by atoms with Crippen LogP contribution in [0.4, 0.5) is 16.2 Å². The molecule has 5 N–H and O–H groups in total. The van der Waals surface area contributed by atoms with Gasteiger partial charge in [0.2, 0.25) is 0 Å². The van der Waals surface area contributed by atoms with E-state index in [-0.39, 0.29) is 41.5 Å². The predicted molar refractivity (Wildman–Crippen MR) is 146 cm³/mol. The molecule has 1 aliphatic rings. The number of nitrogens with one attached hydrogen (secondary N) is 3. The molecule has 3 amide bonds. The maximum Gasteiger partial charge on any atom is 1.00 e. The van der Waals surface area contributed by atoms with Gasteiger partial charge < -0.3 is 26.5 Å². The Hall–Kier alpha value is -3.64. The Kier molecular flexibility index (Phi) is 11.7. The Morgan fingerprint density at radius 1 is 0.897 bits per heavy atom. The molecule has 4 rings (SSSR count). The summed E-state index contributed by atoms with van der Waals surface area (Å²) in [5.74, 6) is -1.70. The van der Waals surface area contributed by atoms with E-state index >= 15 is 0 Å². The first kappa shape index (κ1) is 31.6. The van der Waals surface area contributed by atoms with Crippen LogP contribution in [0.15, 0.2) is 60.9 Å². The van der Waals surface area contributed by atoms with Crippen LogP contribution in [0.3, 0.4) is 0 Å². The van der Waals surface area contributed by atoms with Crippen LogP contribution in [-0.4, -0.2) is 39.5 Å². The SMILES string of the molecule is Cc1cccc(C)c1NC(=O)Nc1cc(-c2ccncc2)ccc1C(=O)N[C@H](C(=O)O)C1CCCCC1.[Li+].[OH-]. The van der Waals surface area contributed by atoms with Crippen LogP contribution in [0.25, 0.3) is 11.1 Å². The number of para-hydroxylation sites is 1. The number of rotatable bonds is 7. The Morgan fingerprint density at radius 3 is 2.15 bits per heavy atom. The summed E-state index contributed by atoms with van der Waals surface area (Å²) < 4.78 is 0. The number of pyridine rings is 1. The van der Waals surface area contributed by atoms with Gasteiger partial charge in [-0.1, -0.05) is 43.5 Å². The quantitative estimate of drug-likeness (QED) is 0.349. The van der Waals surface area contributed by atoms with Gasteiger partial charge >= 0.3 is 30.9 Å². The Labute approximate surface area is 240 Å². The zero-order chi connectivity index (χ0) is 26.4. The minimum absolute atomic E-state index is 0. The number of amides is 3. The van der Waals surface area contributed by atoms with Gasteiger partial charge in [-0.25, -0.2) is 9.59 Å². The van der Waals surface area contributed by atoms with Crippen molar-refractivity contribution in [3.63, 3.8) is 0 Å². The molecule has 1 aliphatic carbocycles. The Morgan fingerprint density at radius 2 is 1.54 bits per heavy atom. The summed E-state index contributed by atoms with van der Waals surface area (Å²) in [4.78, 5) is 42.5. The molecule has 2 aromatic carbocycles. The molecule has 1 heterocycles. The number of hydrogen-bond acceptors (Lipinski definition) is 5. The first-order chi connectivity index (χ1) is 17.8. The number of aliphatic carboxylic acids is 1. The molecule has 39 heavy (non-hydrogen) atoms. The average molecular weight is 525 g/mol. The van der Waals surface area contributed by atoms with E-state index in [2.05, 4.69) is 20.9 Å². The molecule has 1 fully saturated rings. The van der Waals surface area contributed by atoms with Crippen LogP contribution in [0.5, 0.6) is 0 Å². The molecule has 10 heteroatoms. The number of aryl methyl sites for hydroxylation is 2. The maximum atomic E-state index is 13.4. The van der Waals surface area contributed by atoms with Crippen molar-refractivity contribution < 1.29 is 43.8 Å². The van der Waals surface area contributed by atoms with E-state index in [0.717, 1.165) is 54.4 Å². The fraction of sp³-hybridized carbons (Fsp3) is 0.310. The van der Waals surface area contributed by atoms with Crippen molar-refractivity contribution in [3.8, 4) is 11.1 Å². The number of carboxylic acids is 1. The van der Waals surface area contributed by atoms with Crippen LogP contribution >= 0.6 is 0 Å². The van der Waals surface area contributed by atoms with Gasteiger partial charge in [0.15, 0.2) is 0 Å². The molecule has 0 aliphatic heterocycles. The van der Waals surface area contributed by atoms with E-state index in [9.17, 15) is 19.5 Å². The molecule has 0 saturated heterocycles. The molecule has 1 aromatic heterocycles. The van der Waals surface area contributed by atoms with Gasteiger partial charge in [0.1, 0.15) is 6.04 Å². The third kappa shape index (κ3) is 7.93. The predicted octanol–water partition coefficient (Wildman–Crippen LogP) is 2.60. The van der Waals surface area contributed by atoms with Crippen LogP contribution < -0.4 is 34.8 Å². The number of aromatic nitrogens is 1. The van der Waals surface area contributed by atoms with Gasteiger partial charge in [-0.05, 0) is 79.1 Å². The van der Waals surface area contributed by atoms with Crippen molar-refractivity contribution in [3.05, 3.63) is 77.6 Å². The fourth-order valence-electron chi connectivity index (χ4n) is 4.92. The van der Waals surface area contributed by atoms with E-state index in [1.54, 1.807) is 30.6 Å². The molecular weight excluding hydrogens is 491 g/mol. The monoisotopic (exact) mass is 524 g/mol. The van der Waals surface area contributed by atoms with Crippen LogP contribution in [0.2, 0.25) is 0 Å². The van der Waals surface area contributed by atoms with Crippen molar-refractivity contribution in [2.45, 2.75) is 52.0 Å². The molecule has 0 unspecified atom stereocenters. The number of benzene rings is 2. The Balaban J connectivity index is 0.00000267. The largest absolute Gasteiger partial charge is 1.00 e. The fourth-order valence-corrected chi connectivity index (χ4v) is 4.92. The zero-order valence-corrected chi connectivity index (χ0v) is 22.5. The third-order valence-electron chi connectivity index (χ3n) is 6.92. The minimum atomic E-state index is -1.05. The van der Waals surface area contributed by atoms with Crippen molar-refractivity contribution >= 4 is 29.3 Å². The van der Waals surface area contributed by atoms with E-state index in [1.165, 1.54) is 0 Å². The summed E-state index contributed by atoms with van der Waals surface area (Å²) in [5, 5.41) is 18.3. The van der Waals surface area contributed by atoms with Crippen molar-refractivity contribution in [1.82, 2.24) is 10.3 Å². The van der Waals surface area contributed by atoms with Gasteiger partial charge in [-0.15, -0.1) is 0 Å². The summed E-state index contributed by atoms with van der Waals surface area (Å²) in [7, 11) is 0. The first-order valence-electron chi connectivity index (χ1n) is 12.6. The summed E-state index contributed by atoms with van der Waals surface area (Å²) in [5.41, 5.74) is 4.64. The Bertz CT molecular complexity index is 1280. The van der Waals surface area contributed by atoms with E-state index in [1.807, 2.05) is 44.2 Å². The summed E-state index contributed by atoms with van der Waals surface area (Å²) in [6.07, 6.45) is 7.85. The molecule has 0 bridgehead atoms. The molecule has 200 valence electrons.